The van der Waals surface area contributed by atoms with Gasteiger partial charge in [-0.05, 0) is 37.4 Å². The molecule has 0 aromatic carbocycles. The average molecular weight is 311 g/mol. The number of likely N-dealkylation sites (N-methyl/N-ethyl adjacent to an activating group) is 1. The van der Waals surface area contributed by atoms with Gasteiger partial charge in [0.2, 0.25) is 5.91 Å². The number of thiophene rings is 1. The molecular formula is C16H29N3OS. The molecule has 1 amide bonds. The fraction of sp³-hybridized carbons (Fsp3) is 0.688. The van der Waals surface area contributed by atoms with E-state index in [0.717, 1.165) is 6.42 Å². The van der Waals surface area contributed by atoms with Crippen LogP contribution < -0.4 is 11.1 Å². The van der Waals surface area contributed by atoms with Crippen LogP contribution in [0.25, 0.3) is 0 Å². The number of amides is 1. The predicted octanol–water partition coefficient (Wildman–Crippen LogP) is 2.48. The van der Waals surface area contributed by atoms with Crippen LogP contribution in [0.2, 0.25) is 0 Å². The van der Waals surface area contributed by atoms with E-state index in [9.17, 15) is 4.79 Å². The van der Waals surface area contributed by atoms with Crippen molar-refractivity contribution >= 4 is 17.2 Å². The molecule has 0 aliphatic rings. The second-order valence-corrected chi connectivity index (χ2v) is 7.92. The molecular weight excluding hydrogens is 282 g/mol. The number of nitrogens with zero attached hydrogens (tertiary/aromatic N) is 1. The van der Waals surface area contributed by atoms with Crippen LogP contribution in [0, 0.1) is 11.3 Å². The number of carbonyl (C=O) groups excluding carboxylic acids is 1. The molecule has 4 nitrogen and oxygen atoms in total. The van der Waals surface area contributed by atoms with Gasteiger partial charge in [-0.2, -0.15) is 0 Å². The molecule has 0 aliphatic carbocycles. The number of rotatable bonds is 7. The predicted molar refractivity (Wildman–Crippen MR) is 90.4 cm³/mol. The minimum atomic E-state index is -0.115. The van der Waals surface area contributed by atoms with Crippen molar-refractivity contribution in [3.05, 3.63) is 22.4 Å². The Morgan fingerprint density at radius 3 is 2.52 bits per heavy atom. The van der Waals surface area contributed by atoms with E-state index in [1.807, 2.05) is 20.2 Å². The van der Waals surface area contributed by atoms with Crippen LogP contribution in [-0.4, -0.2) is 38.0 Å². The zero-order valence-electron chi connectivity index (χ0n) is 13.8. The van der Waals surface area contributed by atoms with Gasteiger partial charge < -0.3 is 16.0 Å². The molecule has 3 N–H and O–H groups in total. The smallest absolute Gasteiger partial charge is 0.224 e. The molecule has 1 aromatic rings. The van der Waals surface area contributed by atoms with Gasteiger partial charge in [-0.3, -0.25) is 4.79 Å². The third-order valence-electron chi connectivity index (χ3n) is 3.48. The average Bonchev–Trinajstić information content (AvgIpc) is 2.88. The molecule has 0 spiro atoms. The largest absolute Gasteiger partial charge is 0.354 e. The lowest BCUT2D eigenvalue weighted by molar-refractivity contribution is -0.125. The summed E-state index contributed by atoms with van der Waals surface area (Å²) in [4.78, 5) is 15.7. The zero-order valence-corrected chi connectivity index (χ0v) is 14.7. The third kappa shape index (κ3) is 6.16. The monoisotopic (exact) mass is 311 g/mol. The highest BCUT2D eigenvalue weighted by Gasteiger charge is 2.25. The first-order valence-electron chi connectivity index (χ1n) is 7.42. The van der Waals surface area contributed by atoms with Crippen LogP contribution in [0.4, 0.5) is 0 Å². The number of carbonyl (C=O) groups is 1. The summed E-state index contributed by atoms with van der Waals surface area (Å²) in [6.45, 7) is 7.42. The van der Waals surface area contributed by atoms with Crippen LogP contribution in [-0.2, 0) is 4.79 Å². The Bertz CT molecular complexity index is 423. The fourth-order valence-corrected chi connectivity index (χ4v) is 3.31. The minimum absolute atomic E-state index is 0.0656. The summed E-state index contributed by atoms with van der Waals surface area (Å²) in [5, 5.41) is 5.14. The number of nitrogens with two attached hydrogens (primary N) is 1. The maximum Gasteiger partial charge on any atom is 0.224 e. The van der Waals surface area contributed by atoms with Crippen LogP contribution in [0.3, 0.4) is 0 Å². The van der Waals surface area contributed by atoms with Crippen molar-refractivity contribution in [1.82, 2.24) is 10.2 Å². The highest BCUT2D eigenvalue weighted by atomic mass is 32.1. The fourth-order valence-electron chi connectivity index (χ4n) is 2.38. The molecule has 2 unspecified atom stereocenters. The van der Waals surface area contributed by atoms with Crippen molar-refractivity contribution in [3.63, 3.8) is 0 Å². The maximum absolute atomic E-state index is 12.3. The zero-order chi connectivity index (χ0) is 16.0. The van der Waals surface area contributed by atoms with E-state index in [1.54, 1.807) is 11.3 Å². The van der Waals surface area contributed by atoms with Crippen LogP contribution in [0.5, 0.6) is 0 Å². The highest BCUT2D eigenvalue weighted by molar-refractivity contribution is 7.10. The lowest BCUT2D eigenvalue weighted by Crippen LogP contribution is -2.41. The van der Waals surface area contributed by atoms with Crippen molar-refractivity contribution in [2.24, 2.45) is 17.1 Å². The van der Waals surface area contributed by atoms with E-state index in [2.05, 4.69) is 42.4 Å². The third-order valence-corrected chi connectivity index (χ3v) is 4.45. The molecule has 0 aliphatic heterocycles. The van der Waals surface area contributed by atoms with E-state index < -0.39 is 0 Å². The Labute approximate surface area is 132 Å². The van der Waals surface area contributed by atoms with Gasteiger partial charge in [0.15, 0.2) is 0 Å². The summed E-state index contributed by atoms with van der Waals surface area (Å²) >= 11 is 1.72. The van der Waals surface area contributed by atoms with Crippen molar-refractivity contribution in [3.8, 4) is 0 Å². The standard InChI is InChI=1S/C16H29N3OS/c1-16(2,3)9-12(10-17)15(20)18-11-13(19(4)5)14-7-6-8-21-14/h6-8,12-13H,9-11,17H2,1-5H3,(H,18,20). The Balaban J connectivity index is 2.60. The second-order valence-electron chi connectivity index (χ2n) is 6.94. The van der Waals surface area contributed by atoms with Gasteiger partial charge in [0.05, 0.1) is 12.0 Å². The molecule has 5 heteroatoms. The summed E-state index contributed by atoms with van der Waals surface area (Å²) in [6, 6.07) is 4.36. The Morgan fingerprint density at radius 1 is 1.43 bits per heavy atom. The van der Waals surface area contributed by atoms with Gasteiger partial charge in [0.25, 0.3) is 0 Å². The molecule has 1 heterocycles. The molecule has 1 aromatic heterocycles. The molecule has 0 saturated carbocycles. The Morgan fingerprint density at radius 2 is 2.10 bits per heavy atom. The normalized spacial score (nSPS) is 15.0. The minimum Gasteiger partial charge on any atom is -0.354 e. The summed E-state index contributed by atoms with van der Waals surface area (Å²) in [7, 11) is 4.07. The first kappa shape index (κ1) is 18.1. The van der Waals surface area contributed by atoms with E-state index in [-0.39, 0.29) is 23.3 Å². The second kappa shape index (κ2) is 7.92. The van der Waals surface area contributed by atoms with E-state index in [0.29, 0.717) is 13.1 Å². The Kier molecular flexibility index (Phi) is 6.84. The van der Waals surface area contributed by atoms with Crippen LogP contribution >= 0.6 is 11.3 Å². The molecule has 0 bridgehead atoms. The topological polar surface area (TPSA) is 58.4 Å². The number of hydrogen-bond donors (Lipinski definition) is 2. The lowest BCUT2D eigenvalue weighted by atomic mass is 9.84. The van der Waals surface area contributed by atoms with Gasteiger partial charge in [-0.15, -0.1) is 11.3 Å². The molecule has 0 fully saturated rings. The van der Waals surface area contributed by atoms with Gasteiger partial charge in [0, 0.05) is 18.0 Å². The number of hydrogen-bond acceptors (Lipinski definition) is 4. The molecule has 120 valence electrons. The first-order chi connectivity index (χ1) is 9.74. The van der Waals surface area contributed by atoms with Crippen LogP contribution in [0.1, 0.15) is 38.1 Å². The van der Waals surface area contributed by atoms with Gasteiger partial charge in [0.1, 0.15) is 0 Å². The summed E-state index contributed by atoms with van der Waals surface area (Å²) in [6.07, 6.45) is 0.807. The first-order valence-corrected chi connectivity index (χ1v) is 8.30. The van der Waals surface area contributed by atoms with Gasteiger partial charge in [-0.1, -0.05) is 26.8 Å². The van der Waals surface area contributed by atoms with Crippen molar-refractivity contribution < 1.29 is 4.79 Å². The molecule has 0 radical (unpaired) electrons. The molecule has 2 atom stereocenters. The SMILES string of the molecule is CN(C)C(CNC(=O)C(CN)CC(C)(C)C)c1cccs1. The number of nitrogens with one attached hydrogen (secondary N) is 1. The quantitative estimate of drug-likeness (QED) is 0.813. The Hall–Kier alpha value is -0.910. The lowest BCUT2D eigenvalue weighted by Gasteiger charge is -2.27. The highest BCUT2D eigenvalue weighted by Crippen LogP contribution is 2.25. The van der Waals surface area contributed by atoms with Crippen molar-refractivity contribution in [2.45, 2.75) is 33.2 Å². The van der Waals surface area contributed by atoms with Crippen LogP contribution in [0.15, 0.2) is 17.5 Å². The summed E-state index contributed by atoms with van der Waals surface area (Å²) in [5.74, 6) is -0.0491. The molecule has 1 rings (SSSR count). The van der Waals surface area contributed by atoms with E-state index in [1.165, 1.54) is 4.88 Å². The summed E-state index contributed by atoms with van der Waals surface area (Å²) < 4.78 is 0. The van der Waals surface area contributed by atoms with Crippen molar-refractivity contribution in [2.75, 3.05) is 27.2 Å². The van der Waals surface area contributed by atoms with E-state index in [4.69, 9.17) is 5.73 Å². The molecule has 0 saturated heterocycles. The molecule has 21 heavy (non-hydrogen) atoms. The summed E-state index contributed by atoms with van der Waals surface area (Å²) in [5.41, 5.74) is 5.88. The van der Waals surface area contributed by atoms with Gasteiger partial charge in [-0.25, -0.2) is 0 Å². The van der Waals surface area contributed by atoms with E-state index >= 15 is 0 Å². The van der Waals surface area contributed by atoms with Gasteiger partial charge >= 0.3 is 0 Å². The van der Waals surface area contributed by atoms with Crippen molar-refractivity contribution in [1.29, 1.82) is 0 Å². The maximum atomic E-state index is 12.3.